The molecule has 6 aromatic rings. The second-order valence-corrected chi connectivity index (χ2v) is 13.2. The maximum atomic E-state index is 14.6. The van der Waals surface area contributed by atoms with Gasteiger partial charge in [-0.25, -0.2) is 22.5 Å². The number of halogens is 1. The van der Waals surface area contributed by atoms with E-state index in [0.717, 1.165) is 53.9 Å². The number of amides is 1. The van der Waals surface area contributed by atoms with Gasteiger partial charge in [0.1, 0.15) is 17.0 Å². The Balaban J connectivity index is 1.22. The SMILES string of the molecule is CS(=O)(=O)NCc1cc(F)cc(-c2nccc3[nH]c(-c4n[nH]c5ccc(-c6cncc(NC(=O)C7CCCC7)c6)nc45)cc23)c1. The smallest absolute Gasteiger partial charge is 0.227 e. The van der Waals surface area contributed by atoms with Crippen molar-refractivity contribution in [3.63, 3.8) is 0 Å². The molecule has 0 spiro atoms. The van der Waals surface area contributed by atoms with Gasteiger partial charge < -0.3 is 10.3 Å². The van der Waals surface area contributed by atoms with Gasteiger partial charge in [0.25, 0.3) is 0 Å². The van der Waals surface area contributed by atoms with Crippen molar-refractivity contribution in [3.05, 3.63) is 78.5 Å². The second kappa shape index (κ2) is 11.5. The number of rotatable bonds is 8. The largest absolute Gasteiger partial charge is 0.353 e. The Bertz CT molecular complexity index is 2190. The Morgan fingerprint density at radius 3 is 2.67 bits per heavy atom. The predicted octanol–water partition coefficient (Wildman–Crippen LogP) is 5.55. The Kier molecular flexibility index (Phi) is 7.34. The van der Waals surface area contributed by atoms with Crippen LogP contribution in [0.25, 0.3) is 55.8 Å². The van der Waals surface area contributed by atoms with E-state index < -0.39 is 15.8 Å². The number of sulfonamides is 1. The third-order valence-electron chi connectivity index (χ3n) is 8.01. The molecule has 0 unspecified atom stereocenters. The van der Waals surface area contributed by atoms with Gasteiger partial charge >= 0.3 is 0 Å². The van der Waals surface area contributed by atoms with Crippen molar-refractivity contribution in [1.29, 1.82) is 0 Å². The molecule has 5 heterocycles. The van der Waals surface area contributed by atoms with Gasteiger partial charge in [0.05, 0.1) is 40.7 Å². The van der Waals surface area contributed by atoms with Crippen LogP contribution in [0.5, 0.6) is 0 Å². The van der Waals surface area contributed by atoms with Gasteiger partial charge in [0.2, 0.25) is 15.9 Å². The maximum absolute atomic E-state index is 14.6. The van der Waals surface area contributed by atoms with Crippen LogP contribution in [0.15, 0.2) is 67.1 Å². The number of carbonyl (C=O) groups excluding carboxylic acids is 1. The Hall–Kier alpha value is -5.01. The molecule has 0 radical (unpaired) electrons. The van der Waals surface area contributed by atoms with Gasteiger partial charge in [-0.05, 0) is 66.9 Å². The molecule has 11 nitrogen and oxygen atoms in total. The predicted molar refractivity (Wildman–Crippen MR) is 170 cm³/mol. The molecule has 1 aliphatic carbocycles. The molecule has 0 bridgehead atoms. The lowest BCUT2D eigenvalue weighted by molar-refractivity contribution is -0.119. The van der Waals surface area contributed by atoms with Crippen LogP contribution >= 0.6 is 0 Å². The van der Waals surface area contributed by atoms with Crippen LogP contribution in [0.4, 0.5) is 10.1 Å². The molecular weight excluding hydrogens is 595 g/mol. The van der Waals surface area contributed by atoms with Crippen molar-refractivity contribution in [3.8, 4) is 33.9 Å². The molecule has 5 aromatic heterocycles. The lowest BCUT2D eigenvalue weighted by Gasteiger charge is -2.11. The number of nitrogens with zero attached hydrogens (tertiary/aromatic N) is 4. The number of benzene rings is 1. The molecule has 228 valence electrons. The van der Waals surface area contributed by atoms with Crippen molar-refractivity contribution in [2.75, 3.05) is 11.6 Å². The van der Waals surface area contributed by atoms with E-state index in [0.29, 0.717) is 45.1 Å². The zero-order valence-electron chi connectivity index (χ0n) is 24.3. The highest BCUT2D eigenvalue weighted by atomic mass is 32.2. The van der Waals surface area contributed by atoms with E-state index in [1.54, 1.807) is 24.7 Å². The summed E-state index contributed by atoms with van der Waals surface area (Å²) < 4.78 is 40.2. The van der Waals surface area contributed by atoms with Crippen molar-refractivity contribution in [2.45, 2.75) is 32.2 Å². The third kappa shape index (κ3) is 6.04. The van der Waals surface area contributed by atoms with Crippen LogP contribution in [0, 0.1) is 11.7 Å². The normalized spacial score (nSPS) is 14.0. The van der Waals surface area contributed by atoms with Gasteiger partial charge in [0.15, 0.2) is 0 Å². The van der Waals surface area contributed by atoms with Gasteiger partial charge in [0, 0.05) is 46.9 Å². The Morgan fingerprint density at radius 2 is 1.84 bits per heavy atom. The number of nitrogens with one attached hydrogen (secondary N) is 4. The topological polar surface area (TPSA) is 158 Å². The first-order valence-corrected chi connectivity index (χ1v) is 16.4. The molecule has 13 heteroatoms. The van der Waals surface area contributed by atoms with Crippen LogP contribution in [-0.4, -0.2) is 50.7 Å². The van der Waals surface area contributed by atoms with E-state index >= 15 is 0 Å². The van der Waals surface area contributed by atoms with Crippen molar-refractivity contribution in [1.82, 2.24) is 34.9 Å². The van der Waals surface area contributed by atoms with Gasteiger partial charge in [-0.3, -0.25) is 19.9 Å². The van der Waals surface area contributed by atoms with Crippen LogP contribution in [0.2, 0.25) is 0 Å². The number of fused-ring (bicyclic) bond motifs is 2. The average molecular weight is 625 g/mol. The number of anilines is 1. The fourth-order valence-corrected chi connectivity index (χ4v) is 6.27. The summed E-state index contributed by atoms with van der Waals surface area (Å²) in [6, 6.07) is 13.7. The van der Waals surface area contributed by atoms with Gasteiger partial charge in [-0.15, -0.1) is 0 Å². The fourth-order valence-electron chi connectivity index (χ4n) is 5.84. The van der Waals surface area contributed by atoms with Crippen molar-refractivity contribution >= 4 is 43.6 Å². The molecule has 4 N–H and O–H groups in total. The number of hydrogen-bond donors (Lipinski definition) is 4. The van der Waals surface area contributed by atoms with E-state index in [1.807, 2.05) is 30.3 Å². The second-order valence-electron chi connectivity index (χ2n) is 11.3. The van der Waals surface area contributed by atoms with E-state index in [9.17, 15) is 17.6 Å². The molecule has 1 fully saturated rings. The summed E-state index contributed by atoms with van der Waals surface area (Å²) in [7, 11) is -3.45. The van der Waals surface area contributed by atoms with Crippen molar-refractivity contribution < 1.29 is 17.6 Å². The Labute approximate surface area is 257 Å². The molecule has 1 aliphatic rings. The summed E-state index contributed by atoms with van der Waals surface area (Å²) in [5.74, 6) is -0.428. The molecule has 45 heavy (non-hydrogen) atoms. The van der Waals surface area contributed by atoms with E-state index in [-0.39, 0.29) is 18.4 Å². The van der Waals surface area contributed by atoms with E-state index in [2.05, 4.69) is 35.2 Å². The minimum Gasteiger partial charge on any atom is -0.353 e. The number of pyridine rings is 3. The van der Waals surface area contributed by atoms with E-state index in [1.165, 1.54) is 12.1 Å². The molecule has 1 amide bonds. The number of hydrogen-bond acceptors (Lipinski definition) is 7. The van der Waals surface area contributed by atoms with Gasteiger partial charge in [-0.2, -0.15) is 5.10 Å². The first kappa shape index (κ1) is 28.7. The quantitative estimate of drug-likeness (QED) is 0.173. The summed E-state index contributed by atoms with van der Waals surface area (Å²) in [6.45, 7) is -0.0451. The Morgan fingerprint density at radius 1 is 1.00 bits per heavy atom. The first-order chi connectivity index (χ1) is 21.7. The van der Waals surface area contributed by atoms with Crippen LogP contribution in [-0.2, 0) is 21.4 Å². The molecule has 7 rings (SSSR count). The minimum atomic E-state index is -3.45. The van der Waals surface area contributed by atoms with E-state index in [4.69, 9.17) is 4.98 Å². The van der Waals surface area contributed by atoms with Crippen LogP contribution in [0.3, 0.4) is 0 Å². The minimum absolute atomic E-state index is 0.0275. The van der Waals surface area contributed by atoms with Crippen molar-refractivity contribution in [2.24, 2.45) is 5.92 Å². The number of aromatic amines is 2. The summed E-state index contributed by atoms with van der Waals surface area (Å²) in [5, 5.41) is 11.3. The monoisotopic (exact) mass is 624 g/mol. The summed E-state index contributed by atoms with van der Waals surface area (Å²) >= 11 is 0. The average Bonchev–Trinajstić information content (AvgIpc) is 3.79. The summed E-state index contributed by atoms with van der Waals surface area (Å²) in [6.07, 6.45) is 10.0. The third-order valence-corrected chi connectivity index (χ3v) is 8.68. The van der Waals surface area contributed by atoms with Crippen LogP contribution < -0.4 is 10.0 Å². The lowest BCUT2D eigenvalue weighted by Crippen LogP contribution is -2.21. The zero-order valence-corrected chi connectivity index (χ0v) is 25.1. The first-order valence-electron chi connectivity index (χ1n) is 14.5. The fraction of sp³-hybridized carbons (Fsp3) is 0.219. The molecule has 0 aliphatic heterocycles. The summed E-state index contributed by atoms with van der Waals surface area (Å²) in [5.41, 5.74) is 6.96. The highest BCUT2D eigenvalue weighted by Gasteiger charge is 2.23. The highest BCUT2D eigenvalue weighted by molar-refractivity contribution is 7.88. The van der Waals surface area contributed by atoms with Gasteiger partial charge in [-0.1, -0.05) is 12.8 Å². The number of carbonyl (C=O) groups is 1. The highest BCUT2D eigenvalue weighted by Crippen LogP contribution is 2.34. The maximum Gasteiger partial charge on any atom is 0.227 e. The zero-order chi connectivity index (χ0) is 31.1. The molecule has 0 atom stereocenters. The molecule has 1 saturated carbocycles. The lowest BCUT2D eigenvalue weighted by atomic mass is 10.0. The molecular formula is C32H29FN8O3S. The number of aromatic nitrogens is 6. The summed E-state index contributed by atoms with van der Waals surface area (Å²) in [4.78, 5) is 29.8. The standard InChI is InChI=1S/C32H29FN8O3S/c1-45(43,44)36-15-18-10-20(12-22(33)11-18)29-24-14-28(38-26(24)8-9-35-29)31-30-27(40-41-31)7-6-25(39-30)21-13-23(17-34-16-21)37-32(42)19-4-2-3-5-19/h6-14,16-17,19,36,38H,2-5,15H2,1H3,(H,37,42)(H,40,41). The molecule has 0 saturated heterocycles. The molecule has 1 aromatic carbocycles. The van der Waals surface area contributed by atoms with Crippen LogP contribution in [0.1, 0.15) is 31.2 Å². The number of H-pyrrole nitrogens is 2.